The van der Waals surface area contributed by atoms with E-state index in [-0.39, 0.29) is 0 Å². The smallest absolute Gasteiger partial charge is 0.122 e. The van der Waals surface area contributed by atoms with Crippen molar-refractivity contribution in [2.45, 2.75) is 26.9 Å². The van der Waals surface area contributed by atoms with Gasteiger partial charge in [-0.25, -0.2) is 0 Å². The van der Waals surface area contributed by atoms with E-state index < -0.39 is 0 Å². The molecular formula is C16H19NO. The van der Waals surface area contributed by atoms with Gasteiger partial charge < -0.3 is 10.5 Å². The molecule has 0 radical (unpaired) electrons. The van der Waals surface area contributed by atoms with Crippen LogP contribution < -0.4 is 10.5 Å². The van der Waals surface area contributed by atoms with E-state index in [1.165, 1.54) is 5.56 Å². The molecular weight excluding hydrogens is 222 g/mol. The lowest BCUT2D eigenvalue weighted by Crippen LogP contribution is -2.02. The van der Waals surface area contributed by atoms with Gasteiger partial charge in [0.1, 0.15) is 12.4 Å². The van der Waals surface area contributed by atoms with Crippen molar-refractivity contribution in [3.63, 3.8) is 0 Å². The summed E-state index contributed by atoms with van der Waals surface area (Å²) in [5.74, 6) is 0.960. The van der Waals surface area contributed by atoms with Crippen molar-refractivity contribution in [2.75, 3.05) is 5.73 Å². The van der Waals surface area contributed by atoms with E-state index in [0.29, 0.717) is 6.61 Å². The summed E-state index contributed by atoms with van der Waals surface area (Å²) in [6.45, 7) is 4.72. The lowest BCUT2D eigenvalue weighted by molar-refractivity contribution is 0.302. The Labute approximate surface area is 108 Å². The number of rotatable bonds is 4. The fourth-order valence-corrected chi connectivity index (χ4v) is 1.95. The summed E-state index contributed by atoms with van der Waals surface area (Å²) in [6, 6.07) is 14.1. The van der Waals surface area contributed by atoms with Gasteiger partial charge in [-0.05, 0) is 42.2 Å². The second kappa shape index (κ2) is 5.58. The largest absolute Gasteiger partial charge is 0.489 e. The summed E-state index contributed by atoms with van der Waals surface area (Å²) in [5.41, 5.74) is 10.2. The lowest BCUT2D eigenvalue weighted by Gasteiger charge is -2.12. The molecule has 2 nitrogen and oxygen atoms in total. The van der Waals surface area contributed by atoms with Crippen LogP contribution in [0.15, 0.2) is 42.5 Å². The lowest BCUT2D eigenvalue weighted by atomic mass is 10.1. The maximum atomic E-state index is 5.89. The minimum absolute atomic E-state index is 0.563. The number of para-hydroxylation sites is 1. The fourth-order valence-electron chi connectivity index (χ4n) is 1.95. The number of benzene rings is 2. The molecule has 0 aliphatic heterocycles. The predicted molar refractivity (Wildman–Crippen MR) is 75.7 cm³/mol. The SMILES string of the molecule is CCc1ccccc1OCc1cccc(N)c1C. The third-order valence-electron chi connectivity index (χ3n) is 3.22. The third-order valence-corrected chi connectivity index (χ3v) is 3.22. The average Bonchev–Trinajstić information content (AvgIpc) is 2.41. The molecule has 0 saturated carbocycles. The molecule has 0 amide bonds. The van der Waals surface area contributed by atoms with E-state index in [1.807, 2.05) is 37.3 Å². The highest BCUT2D eigenvalue weighted by Gasteiger charge is 2.04. The first-order valence-electron chi connectivity index (χ1n) is 6.27. The summed E-state index contributed by atoms with van der Waals surface area (Å²) < 4.78 is 5.89. The Bertz CT molecular complexity index is 534. The van der Waals surface area contributed by atoms with Gasteiger partial charge in [0.05, 0.1) is 0 Å². The minimum Gasteiger partial charge on any atom is -0.489 e. The van der Waals surface area contributed by atoms with Crippen LogP contribution in [0.3, 0.4) is 0 Å². The molecule has 0 aliphatic carbocycles. The highest BCUT2D eigenvalue weighted by molar-refractivity contribution is 5.49. The molecule has 0 aromatic heterocycles. The molecule has 0 saturated heterocycles. The molecule has 0 heterocycles. The van der Waals surface area contributed by atoms with Gasteiger partial charge in [-0.15, -0.1) is 0 Å². The van der Waals surface area contributed by atoms with Crippen molar-refractivity contribution >= 4 is 5.69 Å². The molecule has 0 aliphatic rings. The number of hydrogen-bond donors (Lipinski definition) is 1. The normalized spacial score (nSPS) is 10.3. The number of nitrogen functional groups attached to an aromatic ring is 1. The Balaban J connectivity index is 2.14. The maximum Gasteiger partial charge on any atom is 0.122 e. The van der Waals surface area contributed by atoms with Crippen LogP contribution in [0.25, 0.3) is 0 Å². The van der Waals surface area contributed by atoms with Crippen LogP contribution in [0.5, 0.6) is 5.75 Å². The number of aryl methyl sites for hydroxylation is 1. The van der Waals surface area contributed by atoms with Gasteiger partial charge in [0.15, 0.2) is 0 Å². The average molecular weight is 241 g/mol. The van der Waals surface area contributed by atoms with E-state index in [1.54, 1.807) is 0 Å². The molecule has 2 aromatic carbocycles. The standard InChI is InChI=1S/C16H19NO/c1-3-13-7-4-5-10-16(13)18-11-14-8-6-9-15(17)12(14)2/h4-10H,3,11,17H2,1-2H3. The van der Waals surface area contributed by atoms with Gasteiger partial charge in [0, 0.05) is 5.69 Å². The third kappa shape index (κ3) is 2.65. The number of hydrogen-bond acceptors (Lipinski definition) is 2. The number of anilines is 1. The molecule has 0 unspecified atom stereocenters. The summed E-state index contributed by atoms with van der Waals surface area (Å²) in [6.07, 6.45) is 0.978. The quantitative estimate of drug-likeness (QED) is 0.828. The molecule has 2 N–H and O–H groups in total. The summed E-state index contributed by atoms with van der Waals surface area (Å²) in [4.78, 5) is 0. The Morgan fingerprint density at radius 3 is 2.50 bits per heavy atom. The fraction of sp³-hybridized carbons (Fsp3) is 0.250. The second-order valence-electron chi connectivity index (χ2n) is 4.38. The summed E-state index contributed by atoms with van der Waals surface area (Å²) >= 11 is 0. The first kappa shape index (κ1) is 12.5. The van der Waals surface area contributed by atoms with E-state index >= 15 is 0 Å². The molecule has 0 spiro atoms. The van der Waals surface area contributed by atoms with Crippen LogP contribution in [0, 0.1) is 6.92 Å². The highest BCUT2D eigenvalue weighted by atomic mass is 16.5. The number of ether oxygens (including phenoxy) is 1. The topological polar surface area (TPSA) is 35.2 Å². The van der Waals surface area contributed by atoms with Crippen molar-refractivity contribution in [1.82, 2.24) is 0 Å². The zero-order chi connectivity index (χ0) is 13.0. The Hall–Kier alpha value is -1.96. The first-order chi connectivity index (χ1) is 8.72. The van der Waals surface area contributed by atoms with Crippen LogP contribution >= 0.6 is 0 Å². The van der Waals surface area contributed by atoms with E-state index in [2.05, 4.69) is 19.1 Å². The van der Waals surface area contributed by atoms with E-state index in [0.717, 1.165) is 29.0 Å². The molecule has 18 heavy (non-hydrogen) atoms. The molecule has 2 rings (SSSR count). The van der Waals surface area contributed by atoms with Crippen LogP contribution in [-0.4, -0.2) is 0 Å². The Morgan fingerprint density at radius 1 is 1.00 bits per heavy atom. The van der Waals surface area contributed by atoms with Gasteiger partial charge in [0.25, 0.3) is 0 Å². The van der Waals surface area contributed by atoms with Crippen molar-refractivity contribution < 1.29 is 4.74 Å². The van der Waals surface area contributed by atoms with Crippen LogP contribution in [-0.2, 0) is 13.0 Å². The van der Waals surface area contributed by atoms with Crippen LogP contribution in [0.2, 0.25) is 0 Å². The zero-order valence-electron chi connectivity index (χ0n) is 10.9. The monoisotopic (exact) mass is 241 g/mol. The maximum absolute atomic E-state index is 5.89. The highest BCUT2D eigenvalue weighted by Crippen LogP contribution is 2.22. The minimum atomic E-state index is 0.563. The van der Waals surface area contributed by atoms with Gasteiger partial charge in [-0.1, -0.05) is 37.3 Å². The molecule has 0 bridgehead atoms. The molecule has 2 heteroatoms. The van der Waals surface area contributed by atoms with Gasteiger partial charge in [-0.2, -0.15) is 0 Å². The van der Waals surface area contributed by atoms with Crippen LogP contribution in [0.4, 0.5) is 5.69 Å². The molecule has 2 aromatic rings. The van der Waals surface area contributed by atoms with E-state index in [9.17, 15) is 0 Å². The summed E-state index contributed by atoms with van der Waals surface area (Å²) in [5, 5.41) is 0. The Kier molecular flexibility index (Phi) is 3.88. The van der Waals surface area contributed by atoms with E-state index in [4.69, 9.17) is 10.5 Å². The predicted octanol–water partition coefficient (Wildman–Crippen LogP) is 3.72. The van der Waals surface area contributed by atoms with Crippen molar-refractivity contribution in [1.29, 1.82) is 0 Å². The van der Waals surface area contributed by atoms with Gasteiger partial charge in [0.2, 0.25) is 0 Å². The molecule has 0 fully saturated rings. The summed E-state index contributed by atoms with van der Waals surface area (Å²) in [7, 11) is 0. The second-order valence-corrected chi connectivity index (χ2v) is 4.38. The molecule has 94 valence electrons. The first-order valence-corrected chi connectivity index (χ1v) is 6.27. The molecule has 0 atom stereocenters. The Morgan fingerprint density at radius 2 is 1.72 bits per heavy atom. The van der Waals surface area contributed by atoms with Crippen LogP contribution in [0.1, 0.15) is 23.6 Å². The van der Waals surface area contributed by atoms with Crippen molar-refractivity contribution in [3.8, 4) is 5.75 Å². The van der Waals surface area contributed by atoms with Crippen molar-refractivity contribution in [3.05, 3.63) is 59.2 Å². The van der Waals surface area contributed by atoms with Gasteiger partial charge in [-0.3, -0.25) is 0 Å². The van der Waals surface area contributed by atoms with Crippen molar-refractivity contribution in [2.24, 2.45) is 0 Å². The zero-order valence-corrected chi connectivity index (χ0v) is 10.9. The van der Waals surface area contributed by atoms with Gasteiger partial charge >= 0.3 is 0 Å². The number of nitrogens with two attached hydrogens (primary N) is 1.